The number of fused-ring (bicyclic) bond motifs is 6. The van der Waals surface area contributed by atoms with Crippen LogP contribution in [0.15, 0.2) is 36.4 Å². The van der Waals surface area contributed by atoms with Crippen molar-refractivity contribution in [1.82, 2.24) is 0 Å². The normalized spacial score (nSPS) is 33.5. The molecule has 0 spiro atoms. The Hall–Kier alpha value is -2.75. The topological polar surface area (TPSA) is 90.6 Å². The minimum absolute atomic E-state index is 0.0828. The van der Waals surface area contributed by atoms with Crippen LogP contribution in [0.3, 0.4) is 0 Å². The van der Waals surface area contributed by atoms with Crippen LogP contribution in [-0.4, -0.2) is 34.7 Å². The van der Waals surface area contributed by atoms with E-state index in [4.69, 9.17) is 4.74 Å². The van der Waals surface area contributed by atoms with Gasteiger partial charge in [0.25, 0.3) is 0 Å². The molecule has 2 amide bonds. The van der Waals surface area contributed by atoms with Gasteiger partial charge in [-0.2, -0.15) is 5.26 Å². The Morgan fingerprint density at radius 2 is 1.86 bits per heavy atom. The molecule has 5 rings (SSSR count). The van der Waals surface area contributed by atoms with Crippen molar-refractivity contribution >= 4 is 28.3 Å². The lowest BCUT2D eigenvalue weighted by Crippen LogP contribution is -2.42. The highest BCUT2D eigenvalue weighted by Crippen LogP contribution is 2.62. The summed E-state index contributed by atoms with van der Waals surface area (Å²) < 4.78 is 6.23. The Balaban J connectivity index is 1.67. The second kappa shape index (κ2) is 5.63. The molecule has 1 N–H and O–H groups in total. The van der Waals surface area contributed by atoms with Crippen molar-refractivity contribution in [2.75, 3.05) is 11.5 Å². The van der Waals surface area contributed by atoms with Crippen molar-refractivity contribution in [3.8, 4) is 6.07 Å². The molecule has 142 valence electrons. The fourth-order valence-electron chi connectivity index (χ4n) is 5.61. The van der Waals surface area contributed by atoms with E-state index in [1.165, 1.54) is 4.90 Å². The van der Waals surface area contributed by atoms with Crippen LogP contribution < -0.4 is 4.90 Å². The van der Waals surface area contributed by atoms with E-state index < -0.39 is 23.0 Å². The van der Waals surface area contributed by atoms with Gasteiger partial charge in [0.05, 0.1) is 40.4 Å². The number of carbonyl (C=O) groups is 2. The van der Waals surface area contributed by atoms with Gasteiger partial charge in [0.2, 0.25) is 11.8 Å². The van der Waals surface area contributed by atoms with Crippen LogP contribution in [0.2, 0.25) is 0 Å². The number of rotatable bonds is 3. The molecule has 0 aromatic heterocycles. The SMILES string of the molecule is CC12CCC(CCO)(O1)[C@H]1C(=O)N(c3ccc(C#N)c4ccccc34)C(=O)[C@H]12. The molecule has 3 fully saturated rings. The zero-order chi connectivity index (χ0) is 19.7. The van der Waals surface area contributed by atoms with Crippen molar-refractivity contribution < 1.29 is 19.4 Å². The van der Waals surface area contributed by atoms with E-state index in [2.05, 4.69) is 6.07 Å². The van der Waals surface area contributed by atoms with Crippen molar-refractivity contribution in [1.29, 1.82) is 5.26 Å². The molecule has 28 heavy (non-hydrogen) atoms. The highest BCUT2D eigenvalue weighted by atomic mass is 16.5. The molecule has 6 nitrogen and oxygen atoms in total. The predicted molar refractivity (Wildman–Crippen MR) is 101 cm³/mol. The molecule has 2 aromatic rings. The molecule has 2 bridgehead atoms. The van der Waals surface area contributed by atoms with Gasteiger partial charge in [-0.25, -0.2) is 4.90 Å². The number of ether oxygens (including phenoxy) is 1. The quantitative estimate of drug-likeness (QED) is 0.832. The summed E-state index contributed by atoms with van der Waals surface area (Å²) in [5.41, 5.74) is -0.422. The Labute approximate surface area is 162 Å². The standard InChI is InChI=1S/C22H20N2O4/c1-21-8-9-22(28-21,10-11-25)18-17(21)19(26)24(20(18)27)16-7-6-13(12-23)14-4-2-3-5-15(14)16/h2-7,17-18,25H,8-11H2,1H3/t17-,18+,21?,22?/m0/s1. The molecule has 3 saturated heterocycles. The van der Waals surface area contributed by atoms with Gasteiger partial charge in [-0.3, -0.25) is 9.59 Å². The van der Waals surface area contributed by atoms with Gasteiger partial charge in [-0.05, 0) is 31.9 Å². The summed E-state index contributed by atoms with van der Waals surface area (Å²) >= 11 is 0. The van der Waals surface area contributed by atoms with Crippen LogP contribution in [0.4, 0.5) is 5.69 Å². The summed E-state index contributed by atoms with van der Waals surface area (Å²) in [6, 6.07) is 12.8. The van der Waals surface area contributed by atoms with Crippen LogP contribution in [0.1, 0.15) is 31.7 Å². The van der Waals surface area contributed by atoms with Crippen molar-refractivity contribution in [3.05, 3.63) is 42.0 Å². The highest BCUT2D eigenvalue weighted by Gasteiger charge is 2.73. The summed E-state index contributed by atoms with van der Waals surface area (Å²) in [7, 11) is 0. The van der Waals surface area contributed by atoms with Gasteiger partial charge in [0.15, 0.2) is 0 Å². The highest BCUT2D eigenvalue weighted by molar-refractivity contribution is 6.26. The summed E-state index contributed by atoms with van der Waals surface area (Å²) in [5.74, 6) is -1.61. The lowest BCUT2D eigenvalue weighted by atomic mass is 9.67. The molecule has 2 unspecified atom stereocenters. The second-order valence-electron chi connectivity index (χ2n) is 8.21. The largest absolute Gasteiger partial charge is 0.396 e. The predicted octanol–water partition coefficient (Wildman–Crippen LogP) is 2.52. The van der Waals surface area contributed by atoms with E-state index in [-0.39, 0.29) is 18.4 Å². The van der Waals surface area contributed by atoms with Gasteiger partial charge in [-0.1, -0.05) is 24.3 Å². The van der Waals surface area contributed by atoms with Crippen molar-refractivity contribution in [2.24, 2.45) is 11.8 Å². The number of aliphatic hydroxyl groups excluding tert-OH is 1. The maximum absolute atomic E-state index is 13.5. The number of nitrogens with zero attached hydrogens (tertiary/aromatic N) is 2. The van der Waals surface area contributed by atoms with Crippen molar-refractivity contribution in [3.63, 3.8) is 0 Å². The monoisotopic (exact) mass is 376 g/mol. The third-order valence-corrected chi connectivity index (χ3v) is 6.81. The van der Waals surface area contributed by atoms with E-state index in [1.54, 1.807) is 12.1 Å². The number of benzene rings is 2. The summed E-state index contributed by atoms with van der Waals surface area (Å²) in [4.78, 5) is 28.2. The number of imide groups is 1. The molecule has 6 heteroatoms. The third-order valence-electron chi connectivity index (χ3n) is 6.81. The van der Waals surface area contributed by atoms with Crippen LogP contribution in [0.25, 0.3) is 10.8 Å². The zero-order valence-corrected chi connectivity index (χ0v) is 15.5. The minimum Gasteiger partial charge on any atom is -0.396 e. The summed E-state index contributed by atoms with van der Waals surface area (Å²) in [6.07, 6.45) is 1.73. The van der Waals surface area contributed by atoms with Gasteiger partial charge in [0.1, 0.15) is 0 Å². The molecule has 2 aromatic carbocycles. The van der Waals surface area contributed by atoms with Crippen LogP contribution in [-0.2, 0) is 14.3 Å². The molecular formula is C22H20N2O4. The first-order valence-electron chi connectivity index (χ1n) is 9.56. The average Bonchev–Trinajstić information content (AvgIpc) is 3.26. The molecule has 4 atom stereocenters. The minimum atomic E-state index is -0.766. The Bertz CT molecular complexity index is 1070. The fourth-order valence-corrected chi connectivity index (χ4v) is 5.61. The maximum Gasteiger partial charge on any atom is 0.240 e. The molecule has 3 aliphatic heterocycles. The van der Waals surface area contributed by atoms with Gasteiger partial charge in [-0.15, -0.1) is 0 Å². The van der Waals surface area contributed by atoms with E-state index >= 15 is 0 Å². The van der Waals surface area contributed by atoms with E-state index in [1.807, 2.05) is 31.2 Å². The van der Waals surface area contributed by atoms with Gasteiger partial charge in [0, 0.05) is 23.8 Å². The van der Waals surface area contributed by atoms with E-state index in [9.17, 15) is 20.0 Å². The number of carbonyl (C=O) groups excluding carboxylic acids is 2. The number of hydrogen-bond acceptors (Lipinski definition) is 5. The Kier molecular flexibility index (Phi) is 3.49. The molecular weight excluding hydrogens is 356 g/mol. The van der Waals surface area contributed by atoms with Crippen LogP contribution in [0, 0.1) is 23.2 Å². The van der Waals surface area contributed by atoms with Crippen molar-refractivity contribution in [2.45, 2.75) is 37.4 Å². The second-order valence-corrected chi connectivity index (χ2v) is 8.21. The number of nitriles is 1. The number of amides is 2. The lowest BCUT2D eigenvalue weighted by Gasteiger charge is -2.30. The van der Waals surface area contributed by atoms with Gasteiger partial charge < -0.3 is 9.84 Å². The van der Waals surface area contributed by atoms with Crippen LogP contribution in [0.5, 0.6) is 0 Å². The van der Waals surface area contributed by atoms with Crippen LogP contribution >= 0.6 is 0 Å². The van der Waals surface area contributed by atoms with E-state index in [0.717, 1.165) is 5.39 Å². The maximum atomic E-state index is 13.5. The Morgan fingerprint density at radius 1 is 1.14 bits per heavy atom. The first kappa shape index (κ1) is 17.4. The molecule has 0 aliphatic carbocycles. The number of aliphatic hydroxyl groups is 1. The third kappa shape index (κ3) is 1.98. The average molecular weight is 376 g/mol. The van der Waals surface area contributed by atoms with Gasteiger partial charge >= 0.3 is 0 Å². The number of hydrogen-bond donors (Lipinski definition) is 1. The fraction of sp³-hybridized carbons (Fsp3) is 0.409. The first-order chi connectivity index (χ1) is 13.5. The zero-order valence-electron chi connectivity index (χ0n) is 15.5. The summed E-state index contributed by atoms with van der Waals surface area (Å²) in [6.45, 7) is 1.82. The Morgan fingerprint density at radius 3 is 2.57 bits per heavy atom. The number of anilines is 1. The smallest absolute Gasteiger partial charge is 0.240 e. The summed E-state index contributed by atoms with van der Waals surface area (Å²) in [5, 5.41) is 20.4. The van der Waals surface area contributed by atoms with E-state index in [0.29, 0.717) is 35.9 Å². The molecule has 3 aliphatic rings. The molecule has 0 radical (unpaired) electrons. The molecule has 3 heterocycles. The lowest BCUT2D eigenvalue weighted by molar-refractivity contribution is -0.131. The molecule has 0 saturated carbocycles. The first-order valence-corrected chi connectivity index (χ1v) is 9.56.